The molecular formula is C16H25NO2. The van der Waals surface area contributed by atoms with Gasteiger partial charge < -0.3 is 14.8 Å². The number of benzene rings is 1. The molecule has 1 aliphatic rings. The summed E-state index contributed by atoms with van der Waals surface area (Å²) < 4.78 is 11.4. The monoisotopic (exact) mass is 263 g/mol. The fourth-order valence-corrected chi connectivity index (χ4v) is 2.48. The Bertz CT molecular complexity index is 375. The third-order valence-corrected chi connectivity index (χ3v) is 3.60. The van der Waals surface area contributed by atoms with Crippen molar-refractivity contribution in [2.24, 2.45) is 0 Å². The van der Waals surface area contributed by atoms with Crippen molar-refractivity contribution in [1.82, 2.24) is 5.32 Å². The molecule has 1 aromatic rings. The van der Waals surface area contributed by atoms with Gasteiger partial charge in [-0.1, -0.05) is 19.1 Å². The van der Waals surface area contributed by atoms with E-state index in [2.05, 4.69) is 37.4 Å². The first-order chi connectivity index (χ1) is 9.29. The van der Waals surface area contributed by atoms with Gasteiger partial charge in [0.05, 0.1) is 12.7 Å². The third kappa shape index (κ3) is 4.51. The minimum absolute atomic E-state index is 0.367. The van der Waals surface area contributed by atoms with Crippen molar-refractivity contribution in [2.75, 3.05) is 19.8 Å². The van der Waals surface area contributed by atoms with Crippen molar-refractivity contribution in [1.29, 1.82) is 0 Å². The first kappa shape index (κ1) is 14.4. The lowest BCUT2D eigenvalue weighted by Crippen LogP contribution is -2.17. The third-order valence-electron chi connectivity index (χ3n) is 3.60. The number of hydrogen-bond donors (Lipinski definition) is 1. The van der Waals surface area contributed by atoms with Crippen LogP contribution in [0.4, 0.5) is 0 Å². The summed E-state index contributed by atoms with van der Waals surface area (Å²) in [6.45, 7) is 6.93. The van der Waals surface area contributed by atoms with Gasteiger partial charge in [0.2, 0.25) is 0 Å². The standard InChI is InChI=1S/C16H25NO2/c1-3-17-13(2)14-6-4-7-16(12-14)19-11-9-15-8-5-10-18-15/h4,6-7,12-13,15,17H,3,5,8-11H2,1-2H3. The van der Waals surface area contributed by atoms with Gasteiger partial charge in [-0.05, 0) is 44.0 Å². The summed E-state index contributed by atoms with van der Waals surface area (Å²) in [5.74, 6) is 0.959. The normalized spacial score (nSPS) is 20.4. The molecule has 1 heterocycles. The van der Waals surface area contributed by atoms with Crippen LogP contribution in [0.1, 0.15) is 44.7 Å². The molecule has 2 unspecified atom stereocenters. The molecule has 1 aliphatic heterocycles. The highest BCUT2D eigenvalue weighted by Gasteiger charge is 2.15. The lowest BCUT2D eigenvalue weighted by molar-refractivity contribution is 0.0903. The van der Waals surface area contributed by atoms with Gasteiger partial charge in [-0.2, -0.15) is 0 Å². The van der Waals surface area contributed by atoms with Crippen LogP contribution in [0.25, 0.3) is 0 Å². The molecule has 1 saturated heterocycles. The SMILES string of the molecule is CCNC(C)c1cccc(OCCC2CCCO2)c1. The van der Waals surface area contributed by atoms with Crippen molar-refractivity contribution in [2.45, 2.75) is 45.3 Å². The molecule has 0 radical (unpaired) electrons. The van der Waals surface area contributed by atoms with E-state index in [-0.39, 0.29) is 0 Å². The minimum atomic E-state index is 0.367. The summed E-state index contributed by atoms with van der Waals surface area (Å²) in [5.41, 5.74) is 1.27. The Kier molecular flexibility index (Phi) is 5.67. The molecular weight excluding hydrogens is 238 g/mol. The molecule has 0 spiro atoms. The fourth-order valence-electron chi connectivity index (χ4n) is 2.48. The lowest BCUT2D eigenvalue weighted by Gasteiger charge is -2.15. The molecule has 1 fully saturated rings. The number of ether oxygens (including phenoxy) is 2. The Morgan fingerprint density at radius 2 is 2.37 bits per heavy atom. The first-order valence-electron chi connectivity index (χ1n) is 7.37. The van der Waals surface area contributed by atoms with Crippen molar-refractivity contribution in [3.8, 4) is 5.75 Å². The number of nitrogens with one attached hydrogen (secondary N) is 1. The summed E-state index contributed by atoms with van der Waals surface area (Å²) in [4.78, 5) is 0. The summed E-state index contributed by atoms with van der Waals surface area (Å²) >= 11 is 0. The van der Waals surface area contributed by atoms with E-state index >= 15 is 0 Å². The van der Waals surface area contributed by atoms with Crippen LogP contribution >= 0.6 is 0 Å². The van der Waals surface area contributed by atoms with Gasteiger partial charge in [-0.3, -0.25) is 0 Å². The Morgan fingerprint density at radius 1 is 1.47 bits per heavy atom. The molecule has 2 rings (SSSR count). The largest absolute Gasteiger partial charge is 0.493 e. The average Bonchev–Trinajstić information content (AvgIpc) is 2.93. The predicted octanol–water partition coefficient (Wildman–Crippen LogP) is 3.31. The quantitative estimate of drug-likeness (QED) is 0.818. The summed E-state index contributed by atoms with van der Waals surface area (Å²) in [6.07, 6.45) is 3.78. The van der Waals surface area contributed by atoms with Crippen molar-refractivity contribution in [3.05, 3.63) is 29.8 Å². The summed E-state index contributed by atoms with van der Waals surface area (Å²) in [6, 6.07) is 8.72. The number of rotatable bonds is 7. The minimum Gasteiger partial charge on any atom is -0.493 e. The van der Waals surface area contributed by atoms with Crippen molar-refractivity contribution >= 4 is 0 Å². The topological polar surface area (TPSA) is 30.5 Å². The van der Waals surface area contributed by atoms with E-state index in [9.17, 15) is 0 Å². The van der Waals surface area contributed by atoms with E-state index < -0.39 is 0 Å². The van der Waals surface area contributed by atoms with Crippen LogP contribution in [0, 0.1) is 0 Å². The Morgan fingerprint density at radius 3 is 3.11 bits per heavy atom. The van der Waals surface area contributed by atoms with E-state index in [4.69, 9.17) is 9.47 Å². The van der Waals surface area contributed by atoms with Crippen LogP contribution < -0.4 is 10.1 Å². The zero-order chi connectivity index (χ0) is 13.5. The summed E-state index contributed by atoms with van der Waals surface area (Å²) in [7, 11) is 0. The highest BCUT2D eigenvalue weighted by atomic mass is 16.5. The molecule has 3 heteroatoms. The Hall–Kier alpha value is -1.06. The van der Waals surface area contributed by atoms with Gasteiger partial charge in [0, 0.05) is 19.1 Å². The van der Waals surface area contributed by atoms with E-state index in [1.807, 2.05) is 6.07 Å². The maximum atomic E-state index is 5.83. The van der Waals surface area contributed by atoms with E-state index in [0.717, 1.165) is 31.9 Å². The lowest BCUT2D eigenvalue weighted by atomic mass is 10.1. The van der Waals surface area contributed by atoms with Crippen molar-refractivity contribution < 1.29 is 9.47 Å². The highest BCUT2D eigenvalue weighted by Crippen LogP contribution is 2.20. The second-order valence-electron chi connectivity index (χ2n) is 5.12. The van der Waals surface area contributed by atoms with Gasteiger partial charge in [-0.25, -0.2) is 0 Å². The fraction of sp³-hybridized carbons (Fsp3) is 0.625. The molecule has 3 nitrogen and oxygen atoms in total. The second kappa shape index (κ2) is 7.51. The molecule has 0 aromatic heterocycles. The molecule has 2 atom stereocenters. The van der Waals surface area contributed by atoms with Crippen molar-refractivity contribution in [3.63, 3.8) is 0 Å². The number of hydrogen-bond acceptors (Lipinski definition) is 3. The smallest absolute Gasteiger partial charge is 0.119 e. The van der Waals surface area contributed by atoms with E-state index in [0.29, 0.717) is 12.1 Å². The molecule has 19 heavy (non-hydrogen) atoms. The summed E-state index contributed by atoms with van der Waals surface area (Å²) in [5, 5.41) is 3.41. The first-order valence-corrected chi connectivity index (χ1v) is 7.37. The average molecular weight is 263 g/mol. The maximum Gasteiger partial charge on any atom is 0.119 e. The van der Waals surface area contributed by atoms with Crippen LogP contribution in [-0.4, -0.2) is 25.9 Å². The maximum absolute atomic E-state index is 5.83. The zero-order valence-electron chi connectivity index (χ0n) is 12.0. The van der Waals surface area contributed by atoms with E-state index in [1.54, 1.807) is 0 Å². The molecule has 0 bridgehead atoms. The Balaban J connectivity index is 1.80. The molecule has 0 amide bonds. The van der Waals surface area contributed by atoms with Crippen LogP contribution in [0.15, 0.2) is 24.3 Å². The van der Waals surface area contributed by atoms with Gasteiger partial charge >= 0.3 is 0 Å². The van der Waals surface area contributed by atoms with Crippen LogP contribution in [-0.2, 0) is 4.74 Å². The van der Waals surface area contributed by atoms with Gasteiger partial charge in [0.15, 0.2) is 0 Å². The highest BCUT2D eigenvalue weighted by molar-refractivity contribution is 5.30. The van der Waals surface area contributed by atoms with Gasteiger partial charge in [-0.15, -0.1) is 0 Å². The van der Waals surface area contributed by atoms with E-state index in [1.165, 1.54) is 18.4 Å². The molecule has 0 saturated carbocycles. The van der Waals surface area contributed by atoms with Gasteiger partial charge in [0.1, 0.15) is 5.75 Å². The second-order valence-corrected chi connectivity index (χ2v) is 5.12. The van der Waals surface area contributed by atoms with Crippen LogP contribution in [0.3, 0.4) is 0 Å². The van der Waals surface area contributed by atoms with Gasteiger partial charge in [0.25, 0.3) is 0 Å². The molecule has 0 aliphatic carbocycles. The molecule has 1 aromatic carbocycles. The van der Waals surface area contributed by atoms with Crippen LogP contribution in [0.2, 0.25) is 0 Å². The van der Waals surface area contributed by atoms with Crippen LogP contribution in [0.5, 0.6) is 5.75 Å². The zero-order valence-corrected chi connectivity index (χ0v) is 12.0. The Labute approximate surface area is 116 Å². The molecule has 106 valence electrons. The predicted molar refractivity (Wildman–Crippen MR) is 77.6 cm³/mol. The molecule has 1 N–H and O–H groups in total.